The van der Waals surface area contributed by atoms with E-state index in [1.165, 1.54) is 0 Å². The lowest BCUT2D eigenvalue weighted by Gasteiger charge is -2.24. The summed E-state index contributed by atoms with van der Waals surface area (Å²) in [5.41, 5.74) is 1.24. The number of sulfonamides is 1. The molecule has 1 heterocycles. The average Bonchev–Trinajstić information content (AvgIpc) is 2.34. The molecule has 0 bridgehead atoms. The number of hydrogen-bond acceptors (Lipinski definition) is 2. The summed E-state index contributed by atoms with van der Waals surface area (Å²) in [7, 11) is -3.35. The Morgan fingerprint density at radius 1 is 1.44 bits per heavy atom. The lowest BCUT2D eigenvalue weighted by Crippen LogP contribution is -2.36. The third kappa shape index (κ3) is 1.68. The van der Waals surface area contributed by atoms with Gasteiger partial charge >= 0.3 is 0 Å². The second-order valence-corrected chi connectivity index (χ2v) is 6.22. The van der Waals surface area contributed by atoms with Crippen molar-refractivity contribution in [3.8, 4) is 0 Å². The zero-order valence-electron chi connectivity index (χ0n) is 9.45. The minimum absolute atomic E-state index is 0.388. The molecule has 0 aromatic heterocycles. The van der Waals surface area contributed by atoms with E-state index in [2.05, 4.69) is 11.3 Å². The molecule has 0 aliphatic carbocycles. The molecule has 3 nitrogen and oxygen atoms in total. The van der Waals surface area contributed by atoms with Gasteiger partial charge in [0.25, 0.3) is 0 Å². The van der Waals surface area contributed by atoms with Gasteiger partial charge < -0.3 is 0 Å². The molecule has 0 spiro atoms. The standard InChI is InChI=1S/C12H15NO2S/c1-9(2)8-12(3)10-6-4-5-7-11(10)16(14,15)13-12/h4-7,13H,1,8H2,2-3H3/t12-/m0/s1. The maximum absolute atomic E-state index is 11.9. The van der Waals surface area contributed by atoms with Gasteiger partial charge in [-0.15, -0.1) is 6.58 Å². The SMILES string of the molecule is C=C(C)C[C@]1(C)NS(=O)(=O)c2ccccc21. The van der Waals surface area contributed by atoms with E-state index < -0.39 is 15.6 Å². The van der Waals surface area contributed by atoms with E-state index in [0.29, 0.717) is 11.3 Å². The van der Waals surface area contributed by atoms with Crippen molar-refractivity contribution in [2.24, 2.45) is 0 Å². The lowest BCUT2D eigenvalue weighted by molar-refractivity contribution is 0.444. The van der Waals surface area contributed by atoms with Gasteiger partial charge in [-0.2, -0.15) is 0 Å². The molecule has 0 fully saturated rings. The lowest BCUT2D eigenvalue weighted by atomic mass is 9.87. The number of benzene rings is 1. The fraction of sp³-hybridized carbons (Fsp3) is 0.333. The van der Waals surface area contributed by atoms with E-state index in [0.717, 1.165) is 11.1 Å². The van der Waals surface area contributed by atoms with Gasteiger partial charge in [-0.05, 0) is 31.9 Å². The highest BCUT2D eigenvalue weighted by atomic mass is 32.2. The summed E-state index contributed by atoms with van der Waals surface area (Å²) in [6.45, 7) is 7.65. The predicted molar refractivity (Wildman–Crippen MR) is 63.5 cm³/mol. The summed E-state index contributed by atoms with van der Waals surface area (Å²) >= 11 is 0. The van der Waals surface area contributed by atoms with E-state index in [1.807, 2.05) is 26.0 Å². The Balaban J connectivity index is 2.60. The predicted octanol–water partition coefficient (Wildman–Crippen LogP) is 2.16. The summed E-state index contributed by atoms with van der Waals surface area (Å²) < 4.78 is 26.5. The molecule has 16 heavy (non-hydrogen) atoms. The van der Waals surface area contributed by atoms with Crippen LogP contribution in [0.3, 0.4) is 0 Å². The van der Waals surface area contributed by atoms with Crippen LogP contribution < -0.4 is 4.72 Å². The van der Waals surface area contributed by atoms with Crippen LogP contribution in [-0.4, -0.2) is 8.42 Å². The normalized spacial score (nSPS) is 26.4. The second kappa shape index (κ2) is 3.43. The van der Waals surface area contributed by atoms with E-state index in [4.69, 9.17) is 0 Å². The maximum Gasteiger partial charge on any atom is 0.241 e. The fourth-order valence-electron chi connectivity index (χ4n) is 2.30. The van der Waals surface area contributed by atoms with E-state index in [1.54, 1.807) is 12.1 Å². The number of rotatable bonds is 2. The molecule has 1 aromatic rings. The zero-order chi connectivity index (χ0) is 12.0. The Labute approximate surface area is 96.2 Å². The van der Waals surface area contributed by atoms with Gasteiger partial charge in [0, 0.05) is 0 Å². The van der Waals surface area contributed by atoms with Gasteiger partial charge in [-0.25, -0.2) is 13.1 Å². The highest BCUT2D eigenvalue weighted by molar-refractivity contribution is 7.89. The summed E-state index contributed by atoms with van der Waals surface area (Å²) in [5.74, 6) is 0. The second-order valence-electron chi connectivity index (χ2n) is 4.57. The van der Waals surface area contributed by atoms with Crippen LogP contribution in [0.5, 0.6) is 0 Å². The quantitative estimate of drug-likeness (QED) is 0.801. The van der Waals surface area contributed by atoms with Crippen LogP contribution in [0.2, 0.25) is 0 Å². The Bertz CT molecular complexity index is 548. The van der Waals surface area contributed by atoms with Crippen LogP contribution in [0, 0.1) is 0 Å². The minimum atomic E-state index is -3.35. The summed E-state index contributed by atoms with van der Waals surface area (Å²) in [4.78, 5) is 0.388. The van der Waals surface area contributed by atoms with Crippen molar-refractivity contribution in [1.82, 2.24) is 4.72 Å². The van der Waals surface area contributed by atoms with Gasteiger partial charge in [0.2, 0.25) is 10.0 Å². The maximum atomic E-state index is 11.9. The third-order valence-electron chi connectivity index (χ3n) is 2.79. The first-order chi connectivity index (χ1) is 7.35. The van der Waals surface area contributed by atoms with Gasteiger partial charge in [-0.1, -0.05) is 23.8 Å². The van der Waals surface area contributed by atoms with Crippen LogP contribution in [-0.2, 0) is 15.6 Å². The first-order valence-corrected chi connectivity index (χ1v) is 6.61. The number of fused-ring (bicyclic) bond motifs is 1. The van der Waals surface area contributed by atoms with Crippen molar-refractivity contribution >= 4 is 10.0 Å². The molecular formula is C12H15NO2S. The molecule has 1 aliphatic rings. The largest absolute Gasteiger partial charge is 0.241 e. The third-order valence-corrected chi connectivity index (χ3v) is 4.44. The van der Waals surface area contributed by atoms with Crippen LogP contribution in [0.25, 0.3) is 0 Å². The molecule has 4 heteroatoms. The molecule has 2 rings (SSSR count). The van der Waals surface area contributed by atoms with Crippen molar-refractivity contribution < 1.29 is 8.42 Å². The Morgan fingerprint density at radius 2 is 2.06 bits per heavy atom. The molecule has 0 radical (unpaired) electrons. The Hall–Kier alpha value is -1.13. The first-order valence-electron chi connectivity index (χ1n) is 5.13. The van der Waals surface area contributed by atoms with Gasteiger partial charge in [0.1, 0.15) is 0 Å². The molecule has 0 saturated heterocycles. The summed E-state index contributed by atoms with van der Waals surface area (Å²) in [6.07, 6.45) is 0.614. The van der Waals surface area contributed by atoms with Crippen molar-refractivity contribution in [2.45, 2.75) is 30.7 Å². The Kier molecular flexibility index (Phi) is 2.44. The minimum Gasteiger partial charge on any atom is -0.207 e. The van der Waals surface area contributed by atoms with Crippen LogP contribution >= 0.6 is 0 Å². The Morgan fingerprint density at radius 3 is 2.69 bits per heavy atom. The van der Waals surface area contributed by atoms with Gasteiger partial charge in [0.05, 0.1) is 10.4 Å². The topological polar surface area (TPSA) is 46.2 Å². The van der Waals surface area contributed by atoms with E-state index in [9.17, 15) is 8.42 Å². The average molecular weight is 237 g/mol. The molecule has 0 unspecified atom stereocenters. The highest BCUT2D eigenvalue weighted by Crippen LogP contribution is 2.38. The van der Waals surface area contributed by atoms with Crippen molar-refractivity contribution in [3.63, 3.8) is 0 Å². The molecule has 1 atom stereocenters. The smallest absolute Gasteiger partial charge is 0.207 e. The molecule has 86 valence electrons. The summed E-state index contributed by atoms with van der Waals surface area (Å²) in [5, 5.41) is 0. The number of nitrogens with one attached hydrogen (secondary N) is 1. The van der Waals surface area contributed by atoms with Crippen LogP contribution in [0.15, 0.2) is 41.3 Å². The van der Waals surface area contributed by atoms with E-state index in [-0.39, 0.29) is 0 Å². The zero-order valence-corrected chi connectivity index (χ0v) is 10.3. The molecule has 1 N–H and O–H groups in total. The highest BCUT2D eigenvalue weighted by Gasteiger charge is 2.42. The van der Waals surface area contributed by atoms with Crippen molar-refractivity contribution in [3.05, 3.63) is 42.0 Å². The summed E-state index contributed by atoms with van der Waals surface area (Å²) in [6, 6.07) is 7.10. The van der Waals surface area contributed by atoms with Crippen molar-refractivity contribution in [2.75, 3.05) is 0 Å². The molecule has 1 aromatic carbocycles. The van der Waals surface area contributed by atoms with E-state index >= 15 is 0 Å². The molecular weight excluding hydrogens is 222 g/mol. The van der Waals surface area contributed by atoms with Crippen molar-refractivity contribution in [1.29, 1.82) is 0 Å². The monoisotopic (exact) mass is 237 g/mol. The molecule has 1 aliphatic heterocycles. The first kappa shape index (κ1) is 11.4. The molecule has 0 amide bonds. The van der Waals surface area contributed by atoms with Crippen LogP contribution in [0.1, 0.15) is 25.8 Å². The van der Waals surface area contributed by atoms with Crippen LogP contribution in [0.4, 0.5) is 0 Å². The van der Waals surface area contributed by atoms with Gasteiger partial charge in [0.15, 0.2) is 0 Å². The fourth-order valence-corrected chi connectivity index (χ4v) is 4.02. The number of hydrogen-bond donors (Lipinski definition) is 1. The molecule has 0 saturated carbocycles. The van der Waals surface area contributed by atoms with Gasteiger partial charge in [-0.3, -0.25) is 0 Å².